The molecule has 0 amide bonds. The van der Waals surface area contributed by atoms with Gasteiger partial charge in [0.05, 0.1) is 11.1 Å². The first-order valence-electron chi connectivity index (χ1n) is 14.2. The Hall–Kier alpha value is -3.19. The Bertz CT molecular complexity index is 1400. The van der Waals surface area contributed by atoms with E-state index in [2.05, 4.69) is 39.1 Å². The van der Waals surface area contributed by atoms with E-state index in [1.807, 2.05) is 5.38 Å². The summed E-state index contributed by atoms with van der Waals surface area (Å²) in [6.45, 7) is 6.55. The normalized spacial score (nSPS) is 30.6. The molecule has 210 valence electrons. The lowest BCUT2D eigenvalue weighted by atomic mass is 9.75. The Morgan fingerprint density at radius 1 is 1.12 bits per heavy atom. The lowest BCUT2D eigenvalue weighted by molar-refractivity contribution is 0.107. The van der Waals surface area contributed by atoms with Gasteiger partial charge in [-0.3, -0.25) is 4.90 Å². The Labute approximate surface area is 237 Å². The van der Waals surface area contributed by atoms with Crippen LogP contribution in [0.15, 0.2) is 5.38 Å². The smallest absolute Gasteiger partial charge is 0.320 e. The van der Waals surface area contributed by atoms with E-state index in [-0.39, 0.29) is 17.0 Å². The fourth-order valence-corrected chi connectivity index (χ4v) is 8.63. The highest BCUT2D eigenvalue weighted by molar-refractivity contribution is 7.14. The van der Waals surface area contributed by atoms with Gasteiger partial charge in [0.2, 0.25) is 0 Å². The number of nitrogen functional groups attached to an aromatic ring is 1. The Morgan fingerprint density at radius 2 is 1.82 bits per heavy atom. The van der Waals surface area contributed by atoms with Crippen molar-refractivity contribution in [2.45, 2.75) is 68.2 Å². The number of piperazine rings is 1. The molecule has 0 saturated carbocycles. The maximum atomic E-state index is 14.4. The molecular weight excluding hydrogens is 529 g/mol. The van der Waals surface area contributed by atoms with Crippen LogP contribution in [0.5, 0.6) is 6.01 Å². The van der Waals surface area contributed by atoms with Crippen LogP contribution in [0.1, 0.15) is 55.7 Å². The van der Waals surface area contributed by atoms with Crippen molar-refractivity contribution in [3.63, 3.8) is 0 Å². The van der Waals surface area contributed by atoms with Crippen LogP contribution < -0.4 is 25.6 Å². The van der Waals surface area contributed by atoms with Gasteiger partial charge in [0, 0.05) is 56.6 Å². The second-order valence-electron chi connectivity index (χ2n) is 12.5. The minimum absolute atomic E-state index is 0.240. The molecule has 40 heavy (non-hydrogen) atoms. The molecule has 2 bridgehead atoms. The largest absolute Gasteiger partial charge is 0.461 e. The van der Waals surface area contributed by atoms with Crippen molar-refractivity contribution in [1.29, 1.82) is 10.5 Å². The summed E-state index contributed by atoms with van der Waals surface area (Å²) in [4.78, 5) is 16.1. The average Bonchev–Trinajstić information content (AvgIpc) is 3.66. The molecule has 2 aromatic heterocycles. The molecule has 0 radical (unpaired) electrons. The fourth-order valence-electron chi connectivity index (χ4n) is 7.71. The number of nitrogens with two attached hydrogens (primary N) is 1. The van der Waals surface area contributed by atoms with E-state index in [0.717, 1.165) is 50.9 Å². The van der Waals surface area contributed by atoms with Gasteiger partial charge in [-0.05, 0) is 43.2 Å². The van der Waals surface area contributed by atoms with Crippen LogP contribution in [0.2, 0.25) is 0 Å². The number of hydrogen-bond acceptors (Lipinski definition) is 11. The molecule has 5 fully saturated rings. The summed E-state index contributed by atoms with van der Waals surface area (Å²) in [6.07, 6.45) is 3.80. The van der Waals surface area contributed by atoms with Gasteiger partial charge in [0.25, 0.3) is 0 Å². The quantitative estimate of drug-likeness (QED) is 0.541. The molecule has 5 aliphatic heterocycles. The van der Waals surface area contributed by atoms with Crippen molar-refractivity contribution in [1.82, 2.24) is 20.2 Å². The Balaban J connectivity index is 1.21. The fraction of sp³-hybridized carbons (Fsp3) is 0.643. The zero-order chi connectivity index (χ0) is 27.6. The van der Waals surface area contributed by atoms with Crippen LogP contribution in [0.25, 0.3) is 0 Å². The van der Waals surface area contributed by atoms with Gasteiger partial charge in [-0.1, -0.05) is 6.92 Å². The van der Waals surface area contributed by atoms with Crippen molar-refractivity contribution < 1.29 is 9.13 Å². The predicted molar refractivity (Wildman–Crippen MR) is 150 cm³/mol. The van der Waals surface area contributed by atoms with Crippen molar-refractivity contribution in [2.24, 2.45) is 0 Å². The van der Waals surface area contributed by atoms with Crippen molar-refractivity contribution >= 4 is 28.0 Å². The van der Waals surface area contributed by atoms with Gasteiger partial charge < -0.3 is 25.6 Å². The summed E-state index contributed by atoms with van der Waals surface area (Å²) in [6, 6.07) is 5.66. The van der Waals surface area contributed by atoms with E-state index in [1.54, 1.807) is 0 Å². The molecule has 0 spiro atoms. The number of fused-ring (bicyclic) bond motifs is 3. The van der Waals surface area contributed by atoms with Gasteiger partial charge in [-0.2, -0.15) is 20.5 Å². The summed E-state index contributed by atoms with van der Waals surface area (Å²) in [5.41, 5.74) is 7.40. The third kappa shape index (κ3) is 4.08. The van der Waals surface area contributed by atoms with E-state index in [4.69, 9.17) is 20.4 Å². The van der Waals surface area contributed by atoms with Crippen molar-refractivity contribution in [3.05, 3.63) is 22.1 Å². The van der Waals surface area contributed by atoms with E-state index in [0.29, 0.717) is 72.5 Å². The van der Waals surface area contributed by atoms with Gasteiger partial charge in [-0.25, -0.2) is 4.39 Å². The molecule has 2 aromatic rings. The summed E-state index contributed by atoms with van der Waals surface area (Å²) in [5.74, 6) is 1.17. The van der Waals surface area contributed by atoms with Crippen LogP contribution in [0, 0.1) is 22.7 Å². The molecule has 3 N–H and O–H groups in total. The molecule has 4 atom stereocenters. The van der Waals surface area contributed by atoms with Crippen molar-refractivity contribution in [2.75, 3.05) is 61.4 Å². The summed E-state index contributed by atoms with van der Waals surface area (Å²) < 4.78 is 20.7. The number of anilines is 3. The number of thiophene rings is 1. The molecule has 10 nitrogen and oxygen atoms in total. The first-order chi connectivity index (χ1) is 19.3. The number of rotatable bonds is 6. The number of nitriles is 2. The highest BCUT2D eigenvalue weighted by Crippen LogP contribution is 2.44. The number of alkyl halides is 1. The number of nitrogens with one attached hydrogen (secondary N) is 1. The van der Waals surface area contributed by atoms with Crippen LogP contribution >= 0.6 is 11.3 Å². The van der Waals surface area contributed by atoms with E-state index >= 15 is 0 Å². The maximum absolute atomic E-state index is 14.4. The second-order valence-corrected chi connectivity index (χ2v) is 13.4. The first-order valence-corrected chi connectivity index (χ1v) is 15.1. The van der Waals surface area contributed by atoms with E-state index in [9.17, 15) is 14.9 Å². The van der Waals surface area contributed by atoms with Crippen LogP contribution in [0.4, 0.5) is 21.0 Å². The Kier molecular flexibility index (Phi) is 6.08. The second kappa shape index (κ2) is 9.44. The third-order valence-electron chi connectivity index (χ3n) is 9.67. The van der Waals surface area contributed by atoms with Gasteiger partial charge in [0.1, 0.15) is 35.5 Å². The van der Waals surface area contributed by atoms with Crippen LogP contribution in [0.3, 0.4) is 0 Å². The molecule has 7 heterocycles. The summed E-state index contributed by atoms with van der Waals surface area (Å²) >= 11 is 1.39. The Morgan fingerprint density at radius 3 is 2.52 bits per heavy atom. The SMILES string of the molecule is CC1(c2csc(N)c2C#N)CN(c2nc(OC[C@@]34CCCN3C[C@H](F)C4)nc(N3C[C@H]4CC[C@@H](C3)N4)c2C#N)C1. The lowest BCUT2D eigenvalue weighted by Gasteiger charge is -2.49. The van der Waals surface area contributed by atoms with Gasteiger partial charge in [-0.15, -0.1) is 11.3 Å². The maximum Gasteiger partial charge on any atom is 0.320 e. The number of ether oxygens (including phenoxy) is 1. The molecule has 12 heteroatoms. The van der Waals surface area contributed by atoms with Gasteiger partial charge >= 0.3 is 6.01 Å². The predicted octanol–water partition coefficient (Wildman–Crippen LogP) is 2.54. The van der Waals surface area contributed by atoms with Crippen LogP contribution in [-0.4, -0.2) is 84.5 Å². The standard InChI is InChI=1S/C28H34FN9OS/c1-27(22-13-40-23(32)20(22)8-30)14-37(15-27)25-21(9-31)24(36-11-18-3-4-19(12-36)33-18)34-26(35-25)39-16-28-5-2-6-38(28)10-17(29)7-28/h13,17-19,33H,2-7,10-12,14-16,32H2,1H3/t17-,18-,19+,28+/m1/s1. The molecule has 5 saturated heterocycles. The third-order valence-corrected chi connectivity index (χ3v) is 10.5. The molecule has 0 aromatic carbocycles. The molecular formula is C28H34FN9OS. The molecule has 7 rings (SSSR count). The molecule has 0 unspecified atom stereocenters. The average molecular weight is 564 g/mol. The molecule has 0 aliphatic carbocycles. The minimum Gasteiger partial charge on any atom is -0.461 e. The number of nitrogens with zero attached hydrogens (tertiary/aromatic N) is 7. The van der Waals surface area contributed by atoms with Crippen LogP contribution in [-0.2, 0) is 5.41 Å². The minimum atomic E-state index is -0.837. The zero-order valence-corrected chi connectivity index (χ0v) is 23.5. The van der Waals surface area contributed by atoms with E-state index in [1.165, 1.54) is 11.3 Å². The molecule has 5 aliphatic rings. The van der Waals surface area contributed by atoms with E-state index < -0.39 is 6.17 Å². The number of aromatic nitrogens is 2. The summed E-state index contributed by atoms with van der Waals surface area (Å²) in [7, 11) is 0. The first kappa shape index (κ1) is 25.8. The number of halogens is 1. The highest BCUT2D eigenvalue weighted by Gasteiger charge is 2.50. The monoisotopic (exact) mass is 563 g/mol. The zero-order valence-electron chi connectivity index (χ0n) is 22.7. The number of hydrogen-bond donors (Lipinski definition) is 2. The summed E-state index contributed by atoms with van der Waals surface area (Å²) in [5, 5.41) is 26.2. The lowest BCUT2D eigenvalue weighted by Crippen LogP contribution is -2.58. The van der Waals surface area contributed by atoms with Gasteiger partial charge in [0.15, 0.2) is 11.6 Å². The highest BCUT2D eigenvalue weighted by atomic mass is 32.1. The van der Waals surface area contributed by atoms with Crippen molar-refractivity contribution in [3.8, 4) is 18.1 Å². The topological polar surface area (TPSA) is 130 Å².